The van der Waals surface area contributed by atoms with E-state index >= 15 is 0 Å². The normalized spacial score (nSPS) is 10.1. The lowest BCUT2D eigenvalue weighted by Gasteiger charge is -2.14. The van der Waals surface area contributed by atoms with Crippen LogP contribution >= 0.6 is 12.2 Å². The number of anilines is 2. The average Bonchev–Trinajstić information content (AvgIpc) is 2.08. The van der Waals surface area contributed by atoms with Gasteiger partial charge in [0.2, 0.25) is 0 Å². The van der Waals surface area contributed by atoms with Gasteiger partial charge < -0.3 is 16.4 Å². The Balaban J connectivity index is 2.68. The van der Waals surface area contributed by atoms with Crippen LogP contribution in [0.15, 0.2) is 18.2 Å². The van der Waals surface area contributed by atoms with Gasteiger partial charge in [0, 0.05) is 17.4 Å². The van der Waals surface area contributed by atoms with Crippen molar-refractivity contribution >= 4 is 28.7 Å². The molecular formula is C11H17N3S. The van der Waals surface area contributed by atoms with E-state index in [4.69, 9.17) is 18.0 Å². The summed E-state index contributed by atoms with van der Waals surface area (Å²) in [7, 11) is 0. The average molecular weight is 223 g/mol. The van der Waals surface area contributed by atoms with Crippen molar-refractivity contribution in [3.05, 3.63) is 23.8 Å². The predicted octanol–water partition coefficient (Wildman–Crippen LogP) is 2.27. The van der Waals surface area contributed by atoms with E-state index in [1.165, 1.54) is 0 Å². The molecule has 1 aromatic rings. The first kappa shape index (κ1) is 11.8. The molecule has 0 unspecified atom stereocenters. The number of aryl methyl sites for hydroxylation is 1. The number of nitrogens with two attached hydrogens (primary N) is 1. The standard InChI is InChI=1S/C11H17N3S/c1-7(2)13-11(15)14-10-5-4-9(12)6-8(10)3/h4-7H,12H2,1-3H3,(H2,13,14,15). The summed E-state index contributed by atoms with van der Waals surface area (Å²) in [6.45, 7) is 6.09. The highest BCUT2D eigenvalue weighted by molar-refractivity contribution is 7.80. The highest BCUT2D eigenvalue weighted by atomic mass is 32.1. The monoisotopic (exact) mass is 223 g/mol. The number of hydrogen-bond acceptors (Lipinski definition) is 2. The van der Waals surface area contributed by atoms with Crippen LogP contribution in [0.1, 0.15) is 19.4 Å². The highest BCUT2D eigenvalue weighted by Crippen LogP contribution is 2.17. The molecule has 0 aliphatic heterocycles. The summed E-state index contributed by atoms with van der Waals surface area (Å²) in [5, 5.41) is 6.89. The van der Waals surface area contributed by atoms with Gasteiger partial charge in [-0.2, -0.15) is 0 Å². The van der Waals surface area contributed by atoms with Gasteiger partial charge in [0.15, 0.2) is 5.11 Å². The van der Waals surface area contributed by atoms with Crippen molar-refractivity contribution in [3.8, 4) is 0 Å². The van der Waals surface area contributed by atoms with Gasteiger partial charge in [-0.1, -0.05) is 0 Å². The van der Waals surface area contributed by atoms with Crippen LogP contribution in [0.4, 0.5) is 11.4 Å². The van der Waals surface area contributed by atoms with E-state index in [1.54, 1.807) is 0 Å². The van der Waals surface area contributed by atoms with Crippen LogP contribution in [0.3, 0.4) is 0 Å². The fourth-order valence-corrected chi connectivity index (χ4v) is 1.59. The molecule has 0 saturated heterocycles. The lowest BCUT2D eigenvalue weighted by atomic mass is 10.2. The lowest BCUT2D eigenvalue weighted by molar-refractivity contribution is 0.739. The number of thiocarbonyl (C=S) groups is 1. The fraction of sp³-hybridized carbons (Fsp3) is 0.364. The second-order valence-corrected chi connectivity index (χ2v) is 4.24. The van der Waals surface area contributed by atoms with Gasteiger partial charge >= 0.3 is 0 Å². The SMILES string of the molecule is Cc1cc(N)ccc1NC(=S)NC(C)C. The zero-order valence-electron chi connectivity index (χ0n) is 9.29. The smallest absolute Gasteiger partial charge is 0.170 e. The third kappa shape index (κ3) is 3.75. The maximum Gasteiger partial charge on any atom is 0.170 e. The van der Waals surface area contributed by atoms with E-state index in [-0.39, 0.29) is 0 Å². The zero-order valence-corrected chi connectivity index (χ0v) is 10.1. The van der Waals surface area contributed by atoms with E-state index in [0.29, 0.717) is 11.2 Å². The molecule has 82 valence electrons. The first-order valence-corrected chi connectivity index (χ1v) is 5.33. The zero-order chi connectivity index (χ0) is 11.4. The minimum Gasteiger partial charge on any atom is -0.399 e. The Hall–Kier alpha value is -1.29. The molecule has 0 amide bonds. The number of hydrogen-bond donors (Lipinski definition) is 3. The van der Waals surface area contributed by atoms with Gasteiger partial charge in [-0.05, 0) is 56.8 Å². The van der Waals surface area contributed by atoms with E-state index in [0.717, 1.165) is 16.9 Å². The van der Waals surface area contributed by atoms with Crippen molar-refractivity contribution in [2.75, 3.05) is 11.1 Å². The molecule has 0 heterocycles. The Bertz CT molecular complexity index is 361. The second kappa shape index (κ2) is 4.98. The van der Waals surface area contributed by atoms with Crippen LogP contribution in [0.2, 0.25) is 0 Å². The summed E-state index contributed by atoms with van der Waals surface area (Å²) in [5.74, 6) is 0. The van der Waals surface area contributed by atoms with Crippen molar-refractivity contribution in [2.24, 2.45) is 0 Å². The summed E-state index contributed by atoms with van der Waals surface area (Å²) in [6, 6.07) is 6.03. The third-order valence-electron chi connectivity index (χ3n) is 1.92. The Kier molecular flexibility index (Phi) is 3.91. The first-order valence-electron chi connectivity index (χ1n) is 4.92. The van der Waals surface area contributed by atoms with E-state index in [9.17, 15) is 0 Å². The van der Waals surface area contributed by atoms with Gasteiger partial charge in [-0.15, -0.1) is 0 Å². The van der Waals surface area contributed by atoms with Crippen molar-refractivity contribution in [1.82, 2.24) is 5.32 Å². The van der Waals surface area contributed by atoms with Crippen molar-refractivity contribution in [1.29, 1.82) is 0 Å². The number of benzene rings is 1. The third-order valence-corrected chi connectivity index (χ3v) is 2.14. The summed E-state index contributed by atoms with van der Waals surface area (Å²) in [6.07, 6.45) is 0. The van der Waals surface area contributed by atoms with Gasteiger partial charge in [0.25, 0.3) is 0 Å². The Morgan fingerprint density at radius 1 is 1.40 bits per heavy atom. The Labute approximate surface area is 96.1 Å². The van der Waals surface area contributed by atoms with Crippen molar-refractivity contribution in [3.63, 3.8) is 0 Å². The molecule has 0 bridgehead atoms. The molecule has 0 aliphatic carbocycles. The van der Waals surface area contributed by atoms with Gasteiger partial charge in [0.05, 0.1) is 0 Å². The first-order chi connectivity index (χ1) is 6.99. The molecule has 1 rings (SSSR count). The highest BCUT2D eigenvalue weighted by Gasteiger charge is 2.02. The molecular weight excluding hydrogens is 206 g/mol. The van der Waals surface area contributed by atoms with E-state index in [2.05, 4.69) is 10.6 Å². The molecule has 4 N–H and O–H groups in total. The summed E-state index contributed by atoms with van der Waals surface area (Å²) >= 11 is 5.15. The molecule has 0 aromatic heterocycles. The van der Waals surface area contributed by atoms with Crippen LogP contribution in [0, 0.1) is 6.92 Å². The molecule has 15 heavy (non-hydrogen) atoms. The minimum absolute atomic E-state index is 0.332. The van der Waals surface area contributed by atoms with Crippen molar-refractivity contribution in [2.45, 2.75) is 26.8 Å². The van der Waals surface area contributed by atoms with Crippen LogP contribution in [0.25, 0.3) is 0 Å². The minimum atomic E-state index is 0.332. The molecule has 0 atom stereocenters. The molecule has 4 heteroatoms. The maximum absolute atomic E-state index is 5.66. The quantitative estimate of drug-likeness (QED) is 0.532. The number of nitrogen functional groups attached to an aromatic ring is 1. The Morgan fingerprint density at radius 2 is 2.07 bits per heavy atom. The predicted molar refractivity (Wildman–Crippen MR) is 70.1 cm³/mol. The van der Waals surface area contributed by atoms with Gasteiger partial charge in [-0.25, -0.2) is 0 Å². The fourth-order valence-electron chi connectivity index (χ4n) is 1.25. The van der Waals surface area contributed by atoms with Gasteiger partial charge in [0.1, 0.15) is 0 Å². The molecule has 0 spiro atoms. The van der Waals surface area contributed by atoms with Crippen LogP contribution in [-0.2, 0) is 0 Å². The van der Waals surface area contributed by atoms with Crippen molar-refractivity contribution < 1.29 is 0 Å². The topological polar surface area (TPSA) is 50.1 Å². The van der Waals surface area contributed by atoms with E-state index in [1.807, 2.05) is 39.0 Å². The maximum atomic E-state index is 5.66. The molecule has 0 fully saturated rings. The van der Waals surface area contributed by atoms with E-state index < -0.39 is 0 Å². The molecule has 0 radical (unpaired) electrons. The molecule has 3 nitrogen and oxygen atoms in total. The lowest BCUT2D eigenvalue weighted by Crippen LogP contribution is -2.34. The van der Waals surface area contributed by atoms with Crippen LogP contribution < -0.4 is 16.4 Å². The molecule has 1 aromatic carbocycles. The number of nitrogens with one attached hydrogen (secondary N) is 2. The largest absolute Gasteiger partial charge is 0.399 e. The Morgan fingerprint density at radius 3 is 2.60 bits per heavy atom. The summed E-state index contributed by atoms with van der Waals surface area (Å²) in [5.41, 5.74) is 8.50. The molecule has 0 saturated carbocycles. The summed E-state index contributed by atoms with van der Waals surface area (Å²) < 4.78 is 0. The van der Waals surface area contributed by atoms with Crippen LogP contribution in [-0.4, -0.2) is 11.2 Å². The summed E-state index contributed by atoms with van der Waals surface area (Å²) in [4.78, 5) is 0. The number of rotatable bonds is 2. The van der Waals surface area contributed by atoms with Crippen LogP contribution in [0.5, 0.6) is 0 Å². The van der Waals surface area contributed by atoms with Gasteiger partial charge in [-0.3, -0.25) is 0 Å². The molecule has 0 aliphatic rings. The second-order valence-electron chi connectivity index (χ2n) is 3.83.